The molecule has 30 heavy (non-hydrogen) atoms. The lowest BCUT2D eigenvalue weighted by Gasteiger charge is -2.32. The summed E-state index contributed by atoms with van der Waals surface area (Å²) in [6.07, 6.45) is 5.18. The van der Waals surface area contributed by atoms with Crippen LogP contribution in [0.5, 0.6) is 0 Å². The third kappa shape index (κ3) is 4.19. The highest BCUT2D eigenvalue weighted by Crippen LogP contribution is 2.30. The Labute approximate surface area is 174 Å². The van der Waals surface area contributed by atoms with Gasteiger partial charge in [0.2, 0.25) is 0 Å². The molecule has 1 aliphatic heterocycles. The van der Waals surface area contributed by atoms with Crippen molar-refractivity contribution < 1.29 is 9.59 Å². The molecule has 156 valence electrons. The van der Waals surface area contributed by atoms with E-state index in [0.717, 1.165) is 24.2 Å². The zero-order valence-electron chi connectivity index (χ0n) is 16.8. The summed E-state index contributed by atoms with van der Waals surface area (Å²) in [5, 5.41) is 17.1. The smallest absolute Gasteiger partial charge is 0.319 e. The van der Waals surface area contributed by atoms with Gasteiger partial charge in [0.15, 0.2) is 5.69 Å². The van der Waals surface area contributed by atoms with Gasteiger partial charge in [0, 0.05) is 31.7 Å². The van der Waals surface area contributed by atoms with E-state index < -0.39 is 0 Å². The lowest BCUT2D eigenvalue weighted by atomic mass is 9.94. The van der Waals surface area contributed by atoms with Crippen LogP contribution in [0, 0.1) is 0 Å². The fourth-order valence-electron chi connectivity index (χ4n) is 3.76. The summed E-state index contributed by atoms with van der Waals surface area (Å²) in [4.78, 5) is 26.8. The Bertz CT molecular complexity index is 1010. The molecule has 0 aliphatic carbocycles. The molecular formula is C21H25N7O2. The van der Waals surface area contributed by atoms with Crippen molar-refractivity contribution in [1.82, 2.24) is 30.2 Å². The molecule has 1 aliphatic rings. The standard InChI is InChI=1S/C21H25N7O2/c1-2-22-21(30)24-18-13-23-25-19(18)15-7-6-11-27(14-15)20(29)17-10-12-28(26-17)16-8-4-3-5-9-16/h3-5,8-10,12-13,15H,2,6-7,11,14H2,1H3,(H,23,25)(H2,22,24,30)/t15-/m0/s1. The third-order valence-corrected chi connectivity index (χ3v) is 5.20. The highest BCUT2D eigenvalue weighted by Gasteiger charge is 2.29. The minimum atomic E-state index is -0.268. The first-order chi connectivity index (χ1) is 14.7. The van der Waals surface area contributed by atoms with E-state index in [-0.39, 0.29) is 17.9 Å². The Morgan fingerprint density at radius 1 is 1.23 bits per heavy atom. The fourth-order valence-corrected chi connectivity index (χ4v) is 3.76. The van der Waals surface area contributed by atoms with E-state index in [2.05, 4.69) is 25.9 Å². The van der Waals surface area contributed by atoms with Gasteiger partial charge in [-0.05, 0) is 38.0 Å². The van der Waals surface area contributed by atoms with Crippen molar-refractivity contribution in [3.8, 4) is 5.69 Å². The van der Waals surface area contributed by atoms with Crippen molar-refractivity contribution in [3.05, 3.63) is 60.2 Å². The first-order valence-electron chi connectivity index (χ1n) is 10.1. The van der Waals surface area contributed by atoms with Crippen LogP contribution in [0.15, 0.2) is 48.8 Å². The number of H-pyrrole nitrogens is 1. The number of likely N-dealkylation sites (tertiary alicyclic amines) is 1. The fraction of sp³-hybridized carbons (Fsp3) is 0.333. The van der Waals surface area contributed by atoms with Crippen LogP contribution in [0.25, 0.3) is 5.69 Å². The van der Waals surface area contributed by atoms with Crippen LogP contribution >= 0.6 is 0 Å². The van der Waals surface area contributed by atoms with Crippen molar-refractivity contribution in [3.63, 3.8) is 0 Å². The molecule has 1 saturated heterocycles. The number of rotatable bonds is 5. The maximum absolute atomic E-state index is 13.1. The van der Waals surface area contributed by atoms with Crippen LogP contribution in [-0.2, 0) is 0 Å². The number of nitrogens with zero attached hydrogens (tertiary/aromatic N) is 4. The zero-order valence-corrected chi connectivity index (χ0v) is 16.8. The van der Waals surface area contributed by atoms with Gasteiger partial charge in [-0.1, -0.05) is 18.2 Å². The van der Waals surface area contributed by atoms with Gasteiger partial charge in [-0.15, -0.1) is 0 Å². The van der Waals surface area contributed by atoms with Crippen LogP contribution in [-0.4, -0.2) is 56.5 Å². The maximum Gasteiger partial charge on any atom is 0.319 e. The van der Waals surface area contributed by atoms with Gasteiger partial charge in [-0.25, -0.2) is 9.48 Å². The summed E-state index contributed by atoms with van der Waals surface area (Å²) >= 11 is 0. The van der Waals surface area contributed by atoms with E-state index >= 15 is 0 Å². The number of para-hydroxylation sites is 1. The normalized spacial score (nSPS) is 16.3. The molecule has 2 aromatic heterocycles. The number of aromatic amines is 1. The number of urea groups is 1. The second-order valence-corrected chi connectivity index (χ2v) is 7.25. The number of piperidine rings is 1. The number of hydrogen-bond donors (Lipinski definition) is 3. The summed E-state index contributed by atoms with van der Waals surface area (Å²) in [5.41, 5.74) is 2.82. The number of aromatic nitrogens is 4. The van der Waals surface area contributed by atoms with E-state index in [1.165, 1.54) is 0 Å². The highest BCUT2D eigenvalue weighted by molar-refractivity contribution is 5.92. The van der Waals surface area contributed by atoms with E-state index in [1.54, 1.807) is 23.1 Å². The molecule has 0 bridgehead atoms. The molecule has 3 aromatic rings. The van der Waals surface area contributed by atoms with Crippen molar-refractivity contribution in [2.75, 3.05) is 25.0 Å². The van der Waals surface area contributed by atoms with E-state index in [0.29, 0.717) is 31.0 Å². The first-order valence-corrected chi connectivity index (χ1v) is 10.1. The minimum Gasteiger partial charge on any atom is -0.338 e. The lowest BCUT2D eigenvalue weighted by Crippen LogP contribution is -2.39. The van der Waals surface area contributed by atoms with Crippen LogP contribution in [0.4, 0.5) is 10.5 Å². The van der Waals surface area contributed by atoms with Crippen LogP contribution in [0.2, 0.25) is 0 Å². The number of nitrogens with one attached hydrogen (secondary N) is 3. The molecule has 1 aromatic carbocycles. The number of carbonyl (C=O) groups excluding carboxylic acids is 2. The molecule has 0 radical (unpaired) electrons. The van der Waals surface area contributed by atoms with Gasteiger partial charge in [0.05, 0.1) is 23.3 Å². The number of amides is 3. The molecule has 0 saturated carbocycles. The lowest BCUT2D eigenvalue weighted by molar-refractivity contribution is 0.0699. The molecule has 3 N–H and O–H groups in total. The van der Waals surface area contributed by atoms with Crippen LogP contribution in [0.1, 0.15) is 41.9 Å². The monoisotopic (exact) mass is 407 g/mol. The predicted octanol–water partition coefficient (Wildman–Crippen LogP) is 2.76. The average molecular weight is 407 g/mol. The Kier molecular flexibility index (Phi) is 5.78. The topological polar surface area (TPSA) is 108 Å². The minimum absolute atomic E-state index is 0.0679. The molecule has 9 nitrogen and oxygen atoms in total. The van der Waals surface area contributed by atoms with Crippen molar-refractivity contribution in [2.24, 2.45) is 0 Å². The largest absolute Gasteiger partial charge is 0.338 e. The maximum atomic E-state index is 13.1. The van der Waals surface area contributed by atoms with Crippen LogP contribution in [0.3, 0.4) is 0 Å². The number of benzene rings is 1. The SMILES string of the molecule is CCNC(=O)Nc1cn[nH]c1[C@H]1CCCN(C(=O)c2ccn(-c3ccccc3)n2)C1. The number of anilines is 1. The summed E-state index contributed by atoms with van der Waals surface area (Å²) in [5.74, 6) is -0.0227. The van der Waals surface area contributed by atoms with Gasteiger partial charge >= 0.3 is 6.03 Å². The highest BCUT2D eigenvalue weighted by atomic mass is 16.2. The van der Waals surface area contributed by atoms with Crippen molar-refractivity contribution in [2.45, 2.75) is 25.7 Å². The second-order valence-electron chi connectivity index (χ2n) is 7.25. The van der Waals surface area contributed by atoms with Crippen LogP contribution < -0.4 is 10.6 Å². The molecule has 3 heterocycles. The summed E-state index contributed by atoms with van der Waals surface area (Å²) in [6, 6.07) is 11.2. The number of carbonyl (C=O) groups is 2. The van der Waals surface area contributed by atoms with E-state index in [4.69, 9.17) is 0 Å². The Morgan fingerprint density at radius 3 is 2.87 bits per heavy atom. The Balaban J connectivity index is 1.46. The summed E-state index contributed by atoms with van der Waals surface area (Å²) in [7, 11) is 0. The molecule has 9 heteroatoms. The molecule has 1 atom stereocenters. The summed E-state index contributed by atoms with van der Waals surface area (Å²) in [6.45, 7) is 3.63. The molecule has 4 rings (SSSR count). The van der Waals surface area contributed by atoms with Crippen molar-refractivity contribution in [1.29, 1.82) is 0 Å². The number of hydrogen-bond acceptors (Lipinski definition) is 4. The molecule has 3 amide bonds. The Hall–Kier alpha value is -3.62. The Morgan fingerprint density at radius 2 is 2.07 bits per heavy atom. The van der Waals surface area contributed by atoms with Gasteiger partial charge in [-0.2, -0.15) is 10.2 Å². The van der Waals surface area contributed by atoms with Gasteiger partial charge < -0.3 is 15.5 Å². The molecule has 0 unspecified atom stereocenters. The van der Waals surface area contributed by atoms with Gasteiger partial charge in [-0.3, -0.25) is 9.89 Å². The van der Waals surface area contributed by atoms with Crippen molar-refractivity contribution >= 4 is 17.6 Å². The quantitative estimate of drug-likeness (QED) is 0.604. The third-order valence-electron chi connectivity index (χ3n) is 5.20. The molecule has 1 fully saturated rings. The first kappa shape index (κ1) is 19.7. The van der Waals surface area contributed by atoms with E-state index in [9.17, 15) is 9.59 Å². The predicted molar refractivity (Wildman–Crippen MR) is 113 cm³/mol. The zero-order chi connectivity index (χ0) is 20.9. The molecule has 0 spiro atoms. The van der Waals surface area contributed by atoms with Gasteiger partial charge in [0.1, 0.15) is 0 Å². The van der Waals surface area contributed by atoms with Gasteiger partial charge in [0.25, 0.3) is 5.91 Å². The summed E-state index contributed by atoms with van der Waals surface area (Å²) < 4.78 is 1.71. The second kappa shape index (κ2) is 8.81. The average Bonchev–Trinajstić information content (AvgIpc) is 3.44. The molecular weight excluding hydrogens is 382 g/mol. The van der Waals surface area contributed by atoms with E-state index in [1.807, 2.05) is 42.2 Å².